The number of halogens is 2. The Hall–Kier alpha value is -0.950. The van der Waals surface area contributed by atoms with Crippen molar-refractivity contribution in [2.75, 3.05) is 6.16 Å². The SMILES string of the molecule is CC(Br)CCP(Br)(c1ccccc1)(c1ccccc1)c1ccccc1. The molecule has 3 heteroatoms. The molecule has 0 saturated carbocycles. The van der Waals surface area contributed by atoms with Gasteiger partial charge in [-0.3, -0.25) is 0 Å². The van der Waals surface area contributed by atoms with E-state index in [1.165, 1.54) is 15.9 Å². The number of alkyl halides is 1. The number of hydrogen-bond acceptors (Lipinski definition) is 0. The quantitative estimate of drug-likeness (QED) is 0.301. The zero-order valence-corrected chi connectivity index (χ0v) is 18.4. The van der Waals surface area contributed by atoms with E-state index in [4.69, 9.17) is 0 Å². The van der Waals surface area contributed by atoms with E-state index in [2.05, 4.69) is 129 Å². The van der Waals surface area contributed by atoms with Crippen LogP contribution in [0.5, 0.6) is 0 Å². The number of hydrogen-bond donors (Lipinski definition) is 0. The van der Waals surface area contributed by atoms with Crippen molar-refractivity contribution in [2.45, 2.75) is 18.2 Å². The maximum absolute atomic E-state index is 4.46. The molecule has 3 rings (SSSR count). The van der Waals surface area contributed by atoms with Crippen LogP contribution < -0.4 is 15.9 Å². The molecule has 0 aromatic heterocycles. The van der Waals surface area contributed by atoms with Crippen LogP contribution in [0.25, 0.3) is 0 Å². The second kappa shape index (κ2) is 7.74. The second-order valence-corrected chi connectivity index (χ2v) is 17.1. The van der Waals surface area contributed by atoms with Gasteiger partial charge in [0.2, 0.25) is 0 Å². The van der Waals surface area contributed by atoms with E-state index in [0.717, 1.165) is 12.6 Å². The van der Waals surface area contributed by atoms with Gasteiger partial charge >= 0.3 is 168 Å². The molecule has 3 aromatic rings. The van der Waals surface area contributed by atoms with Gasteiger partial charge in [-0.25, -0.2) is 0 Å². The fraction of sp³-hybridized carbons (Fsp3) is 0.182. The van der Waals surface area contributed by atoms with Crippen LogP contribution in [0.3, 0.4) is 0 Å². The van der Waals surface area contributed by atoms with Crippen LogP contribution >= 0.6 is 36.7 Å². The Morgan fingerprint density at radius 3 is 1.28 bits per heavy atom. The zero-order valence-electron chi connectivity index (χ0n) is 14.4. The van der Waals surface area contributed by atoms with Crippen molar-refractivity contribution in [1.82, 2.24) is 0 Å². The average molecular weight is 478 g/mol. The molecule has 0 fully saturated rings. The third kappa shape index (κ3) is 3.50. The molecule has 0 N–H and O–H groups in total. The molecule has 0 amide bonds. The Morgan fingerprint density at radius 2 is 1.00 bits per heavy atom. The van der Waals surface area contributed by atoms with E-state index in [9.17, 15) is 0 Å². The minimum absolute atomic E-state index is 0.475. The molecule has 0 nitrogen and oxygen atoms in total. The summed E-state index contributed by atoms with van der Waals surface area (Å²) in [5, 5.41) is 1.45. The van der Waals surface area contributed by atoms with Gasteiger partial charge in [0.05, 0.1) is 0 Å². The van der Waals surface area contributed by atoms with Crippen LogP contribution in [0.15, 0.2) is 91.0 Å². The van der Waals surface area contributed by atoms with Crippen LogP contribution in [-0.2, 0) is 0 Å². The van der Waals surface area contributed by atoms with E-state index in [1.807, 2.05) is 0 Å². The van der Waals surface area contributed by atoms with Crippen LogP contribution in [0.1, 0.15) is 13.3 Å². The molecule has 0 heterocycles. The first kappa shape index (κ1) is 18.8. The van der Waals surface area contributed by atoms with E-state index in [1.54, 1.807) is 0 Å². The molecule has 0 saturated heterocycles. The van der Waals surface area contributed by atoms with Crippen molar-refractivity contribution >= 4 is 52.6 Å². The summed E-state index contributed by atoms with van der Waals surface area (Å²) in [5.41, 5.74) is 0. The maximum atomic E-state index is 4.46. The van der Waals surface area contributed by atoms with E-state index in [-0.39, 0.29) is 0 Å². The van der Waals surface area contributed by atoms with Crippen molar-refractivity contribution in [2.24, 2.45) is 0 Å². The summed E-state index contributed by atoms with van der Waals surface area (Å²) in [4.78, 5) is 0.475. The first-order valence-corrected chi connectivity index (χ1v) is 13.9. The zero-order chi connectivity index (χ0) is 17.8. The summed E-state index contributed by atoms with van der Waals surface area (Å²) in [5.74, 6) is 0. The molecule has 25 heavy (non-hydrogen) atoms. The van der Waals surface area contributed by atoms with Gasteiger partial charge in [0.15, 0.2) is 0 Å². The van der Waals surface area contributed by atoms with Gasteiger partial charge in [0, 0.05) is 0 Å². The Labute approximate surface area is 167 Å². The van der Waals surface area contributed by atoms with Crippen LogP contribution in [0, 0.1) is 0 Å². The molecule has 0 aliphatic heterocycles. The topological polar surface area (TPSA) is 0 Å². The van der Waals surface area contributed by atoms with Gasteiger partial charge in [0.1, 0.15) is 0 Å². The van der Waals surface area contributed by atoms with Gasteiger partial charge in [-0.05, 0) is 0 Å². The van der Waals surface area contributed by atoms with Gasteiger partial charge in [-0.1, -0.05) is 0 Å². The second-order valence-electron chi connectivity index (χ2n) is 6.48. The van der Waals surface area contributed by atoms with Gasteiger partial charge in [0.25, 0.3) is 0 Å². The Morgan fingerprint density at radius 1 is 0.680 bits per heavy atom. The Balaban J connectivity index is 2.36. The fourth-order valence-electron chi connectivity index (χ4n) is 3.47. The molecular weight excluding hydrogens is 455 g/mol. The Kier molecular flexibility index (Phi) is 5.83. The molecule has 0 aliphatic rings. The van der Waals surface area contributed by atoms with Crippen LogP contribution in [-0.4, -0.2) is 11.0 Å². The summed E-state index contributed by atoms with van der Waals surface area (Å²) in [6.07, 6.45) is 2.18. The molecule has 1 atom stereocenters. The first-order chi connectivity index (χ1) is 12.1. The predicted octanol–water partition coefficient (Wildman–Crippen LogP) is 6.00. The summed E-state index contributed by atoms with van der Waals surface area (Å²) in [6, 6.07) is 32.9. The predicted molar refractivity (Wildman–Crippen MR) is 122 cm³/mol. The summed E-state index contributed by atoms with van der Waals surface area (Å²) in [7, 11) is 0. The van der Waals surface area contributed by atoms with Gasteiger partial charge < -0.3 is 0 Å². The molecule has 130 valence electrons. The third-order valence-corrected chi connectivity index (χ3v) is 15.3. The van der Waals surface area contributed by atoms with Gasteiger partial charge in [-0.2, -0.15) is 0 Å². The summed E-state index contributed by atoms with van der Waals surface area (Å²) < 4.78 is 0. The van der Waals surface area contributed by atoms with Crippen molar-refractivity contribution in [3.05, 3.63) is 91.0 Å². The first-order valence-electron chi connectivity index (χ1n) is 8.59. The molecule has 1 unspecified atom stereocenters. The van der Waals surface area contributed by atoms with Crippen molar-refractivity contribution in [1.29, 1.82) is 0 Å². The molecule has 0 bridgehead atoms. The van der Waals surface area contributed by atoms with E-state index >= 15 is 0 Å². The molecule has 0 spiro atoms. The van der Waals surface area contributed by atoms with Crippen molar-refractivity contribution in [3.8, 4) is 0 Å². The minimum atomic E-state index is -2.71. The third-order valence-electron chi connectivity index (χ3n) is 4.83. The number of benzene rings is 3. The van der Waals surface area contributed by atoms with Gasteiger partial charge in [-0.15, -0.1) is 0 Å². The van der Waals surface area contributed by atoms with E-state index in [0.29, 0.717) is 4.83 Å². The molecule has 3 aromatic carbocycles. The van der Waals surface area contributed by atoms with Crippen molar-refractivity contribution in [3.63, 3.8) is 0 Å². The van der Waals surface area contributed by atoms with E-state index < -0.39 is 5.31 Å². The summed E-state index contributed by atoms with van der Waals surface area (Å²) >= 11 is 8.22. The Bertz CT molecular complexity index is 702. The molecule has 0 aliphatic carbocycles. The molecule has 0 radical (unpaired) electrons. The normalized spacial score (nSPS) is 14.4. The van der Waals surface area contributed by atoms with Crippen molar-refractivity contribution < 1.29 is 0 Å². The molecular formula is C22H23Br2P. The standard InChI is InChI=1S/C22H23Br2P/c1-19(23)17-18-25(24,20-11-5-2-6-12-20,21-13-7-3-8-14-21)22-15-9-4-10-16-22/h2-16,19H,17-18H2,1H3. The summed E-state index contributed by atoms with van der Waals surface area (Å²) in [6.45, 7) is 2.23. The number of rotatable bonds is 6. The average Bonchev–Trinajstić information content (AvgIpc) is 2.68. The van der Waals surface area contributed by atoms with Crippen LogP contribution in [0.2, 0.25) is 0 Å². The monoisotopic (exact) mass is 476 g/mol. The van der Waals surface area contributed by atoms with Crippen LogP contribution in [0.4, 0.5) is 0 Å². The fourth-order valence-corrected chi connectivity index (χ4v) is 11.7.